The predicted octanol–water partition coefficient (Wildman–Crippen LogP) is 2.98. The van der Waals surface area contributed by atoms with Crippen LogP contribution < -0.4 is 0 Å². The smallest absolute Gasteiger partial charge is 0.255 e. The van der Waals surface area contributed by atoms with Crippen molar-refractivity contribution >= 4 is 5.91 Å². The third-order valence-electron chi connectivity index (χ3n) is 6.27. The Kier molecular flexibility index (Phi) is 6.13. The van der Waals surface area contributed by atoms with Crippen LogP contribution >= 0.6 is 0 Å². The second-order valence-electron chi connectivity index (χ2n) is 8.18. The number of hydrogen-bond acceptors (Lipinski definition) is 3. The molecular weight excluding hydrogens is 350 g/mol. The summed E-state index contributed by atoms with van der Waals surface area (Å²) in [4.78, 5) is 20.5. The molecule has 28 heavy (non-hydrogen) atoms. The van der Waals surface area contributed by atoms with Gasteiger partial charge < -0.3 is 14.6 Å². The van der Waals surface area contributed by atoms with Crippen molar-refractivity contribution in [2.45, 2.75) is 31.7 Å². The number of nitrogens with one attached hydrogen (secondary N) is 1. The van der Waals surface area contributed by atoms with E-state index in [0.717, 1.165) is 18.7 Å². The molecule has 1 aliphatic heterocycles. The normalized spacial score (nSPS) is 20.2. The lowest BCUT2D eigenvalue weighted by Gasteiger charge is -2.38. The Morgan fingerprint density at radius 1 is 1.25 bits per heavy atom. The van der Waals surface area contributed by atoms with E-state index in [1.807, 2.05) is 17.2 Å². The maximum Gasteiger partial charge on any atom is 0.255 e. The molecule has 0 saturated carbocycles. The molecular formula is C23H31N3O2. The number of piperidine rings is 1. The Morgan fingerprint density at radius 2 is 2.04 bits per heavy atom. The molecule has 0 radical (unpaired) electrons. The highest BCUT2D eigenvalue weighted by Crippen LogP contribution is 2.29. The van der Waals surface area contributed by atoms with Crippen LogP contribution in [0, 0.1) is 5.92 Å². The van der Waals surface area contributed by atoms with Crippen molar-refractivity contribution in [3.8, 4) is 0 Å². The first-order chi connectivity index (χ1) is 13.7. The van der Waals surface area contributed by atoms with E-state index in [4.69, 9.17) is 4.74 Å². The van der Waals surface area contributed by atoms with Crippen LogP contribution in [0.2, 0.25) is 0 Å². The highest BCUT2D eigenvalue weighted by atomic mass is 16.5. The van der Waals surface area contributed by atoms with Gasteiger partial charge in [0.15, 0.2) is 0 Å². The number of nitrogens with zero attached hydrogens (tertiary/aromatic N) is 2. The first kappa shape index (κ1) is 19.2. The molecule has 1 aromatic heterocycles. The van der Waals surface area contributed by atoms with Crippen molar-refractivity contribution < 1.29 is 9.53 Å². The van der Waals surface area contributed by atoms with E-state index in [0.29, 0.717) is 25.1 Å². The molecule has 2 aliphatic rings. The van der Waals surface area contributed by atoms with Gasteiger partial charge in [-0.3, -0.25) is 9.69 Å². The molecule has 5 nitrogen and oxygen atoms in total. The van der Waals surface area contributed by atoms with E-state index < -0.39 is 0 Å². The van der Waals surface area contributed by atoms with Gasteiger partial charge in [-0.15, -0.1) is 0 Å². The topological polar surface area (TPSA) is 48.6 Å². The number of methoxy groups -OCH3 is 1. The second-order valence-corrected chi connectivity index (χ2v) is 8.18. The Morgan fingerprint density at radius 3 is 2.71 bits per heavy atom. The highest BCUT2D eigenvalue weighted by molar-refractivity contribution is 5.94. The number of likely N-dealkylation sites (tertiary alicyclic amines) is 1. The molecule has 1 aromatic carbocycles. The number of fused-ring (bicyclic) bond motifs is 1. The predicted molar refractivity (Wildman–Crippen MR) is 111 cm³/mol. The summed E-state index contributed by atoms with van der Waals surface area (Å²) < 4.78 is 5.26. The molecule has 1 fully saturated rings. The average Bonchev–Trinajstić information content (AvgIpc) is 3.40. The summed E-state index contributed by atoms with van der Waals surface area (Å²) in [5.41, 5.74) is 3.76. The van der Waals surface area contributed by atoms with Crippen LogP contribution in [-0.2, 0) is 17.6 Å². The highest BCUT2D eigenvalue weighted by Gasteiger charge is 2.31. The molecule has 1 saturated heterocycles. The van der Waals surface area contributed by atoms with E-state index in [1.165, 1.54) is 43.4 Å². The number of H-pyrrole nitrogens is 1. The van der Waals surface area contributed by atoms with Crippen molar-refractivity contribution in [3.05, 3.63) is 59.4 Å². The molecule has 1 atom stereocenters. The first-order valence-electron chi connectivity index (χ1n) is 10.5. The molecule has 0 unspecified atom stereocenters. The summed E-state index contributed by atoms with van der Waals surface area (Å²) in [5, 5.41) is 0. The Bertz CT molecular complexity index is 749. The van der Waals surface area contributed by atoms with Crippen LogP contribution in [0.5, 0.6) is 0 Å². The zero-order valence-electron chi connectivity index (χ0n) is 16.8. The zero-order chi connectivity index (χ0) is 19.3. The van der Waals surface area contributed by atoms with E-state index in [-0.39, 0.29) is 5.91 Å². The molecule has 1 N–H and O–H groups in total. The maximum absolute atomic E-state index is 12.9. The largest absolute Gasteiger partial charge is 0.383 e. The number of carbonyl (C=O) groups is 1. The van der Waals surface area contributed by atoms with E-state index in [9.17, 15) is 4.79 Å². The summed E-state index contributed by atoms with van der Waals surface area (Å²) in [6.07, 6.45) is 8.33. The van der Waals surface area contributed by atoms with Gasteiger partial charge in [0.25, 0.3) is 5.91 Å². The summed E-state index contributed by atoms with van der Waals surface area (Å²) in [7, 11) is 1.69. The number of rotatable bonds is 7. The van der Waals surface area contributed by atoms with E-state index >= 15 is 0 Å². The van der Waals surface area contributed by atoms with Crippen LogP contribution in [-0.4, -0.2) is 66.6 Å². The van der Waals surface area contributed by atoms with Crippen molar-refractivity contribution in [3.63, 3.8) is 0 Å². The summed E-state index contributed by atoms with van der Waals surface area (Å²) in [6, 6.07) is 11.3. The molecule has 0 spiro atoms. The van der Waals surface area contributed by atoms with Crippen molar-refractivity contribution in [1.82, 2.24) is 14.8 Å². The SMILES string of the molecule is COCCN(C[C@H]1CCCN(C2Cc3ccccc3C2)C1)C(=O)c1cc[nH]c1. The number of carbonyl (C=O) groups excluding carboxylic acids is 1. The van der Waals surface area contributed by atoms with Gasteiger partial charge in [-0.25, -0.2) is 0 Å². The minimum Gasteiger partial charge on any atom is -0.383 e. The van der Waals surface area contributed by atoms with Gasteiger partial charge in [0.1, 0.15) is 0 Å². The van der Waals surface area contributed by atoms with Gasteiger partial charge in [0.2, 0.25) is 0 Å². The maximum atomic E-state index is 12.9. The Labute approximate surface area is 167 Å². The van der Waals surface area contributed by atoms with Gasteiger partial charge in [-0.2, -0.15) is 0 Å². The van der Waals surface area contributed by atoms with Crippen LogP contribution in [0.4, 0.5) is 0 Å². The lowest BCUT2D eigenvalue weighted by atomic mass is 9.95. The van der Waals surface area contributed by atoms with Crippen LogP contribution in [0.15, 0.2) is 42.7 Å². The number of hydrogen-bond donors (Lipinski definition) is 1. The van der Waals surface area contributed by atoms with Crippen LogP contribution in [0.3, 0.4) is 0 Å². The molecule has 0 bridgehead atoms. The standard InChI is InChI=1S/C23H31N3O2/c1-28-12-11-26(23(27)21-8-9-24-15-21)17-18-5-4-10-25(16-18)22-13-19-6-2-3-7-20(19)14-22/h2-3,6-9,15,18,22,24H,4-5,10-14,16-17H2,1H3/t18-/m0/s1. The lowest BCUT2D eigenvalue weighted by molar-refractivity contribution is 0.0573. The molecule has 2 heterocycles. The Balaban J connectivity index is 1.38. The quantitative estimate of drug-likeness (QED) is 0.802. The van der Waals surface area contributed by atoms with Crippen molar-refractivity contribution in [1.29, 1.82) is 0 Å². The minimum atomic E-state index is 0.101. The molecule has 2 aromatic rings. The van der Waals surface area contributed by atoms with Gasteiger partial charge in [0, 0.05) is 45.2 Å². The molecule has 1 aliphatic carbocycles. The second kappa shape index (κ2) is 8.93. The number of benzene rings is 1. The van der Waals surface area contributed by atoms with E-state index in [2.05, 4.69) is 34.1 Å². The fourth-order valence-electron chi connectivity index (χ4n) is 4.80. The monoisotopic (exact) mass is 381 g/mol. The zero-order valence-corrected chi connectivity index (χ0v) is 16.8. The van der Waals surface area contributed by atoms with Gasteiger partial charge in [-0.05, 0) is 55.3 Å². The van der Waals surface area contributed by atoms with Crippen LogP contribution in [0.25, 0.3) is 0 Å². The molecule has 4 rings (SSSR count). The summed E-state index contributed by atoms with van der Waals surface area (Å²) >= 11 is 0. The van der Waals surface area contributed by atoms with Gasteiger partial charge in [-0.1, -0.05) is 24.3 Å². The fourth-order valence-corrected chi connectivity index (χ4v) is 4.80. The lowest BCUT2D eigenvalue weighted by Crippen LogP contribution is -2.47. The van der Waals surface area contributed by atoms with Gasteiger partial charge in [0.05, 0.1) is 12.2 Å². The van der Waals surface area contributed by atoms with Crippen molar-refractivity contribution in [2.24, 2.45) is 5.92 Å². The third kappa shape index (κ3) is 4.31. The number of ether oxygens (including phenoxy) is 1. The minimum absolute atomic E-state index is 0.101. The van der Waals surface area contributed by atoms with Crippen molar-refractivity contribution in [2.75, 3.05) is 39.9 Å². The molecule has 150 valence electrons. The summed E-state index contributed by atoms with van der Waals surface area (Å²) in [5.74, 6) is 0.626. The number of aromatic amines is 1. The van der Waals surface area contributed by atoms with Gasteiger partial charge >= 0.3 is 0 Å². The fraction of sp³-hybridized carbons (Fsp3) is 0.522. The molecule has 5 heteroatoms. The first-order valence-corrected chi connectivity index (χ1v) is 10.5. The molecule has 1 amide bonds. The summed E-state index contributed by atoms with van der Waals surface area (Å²) in [6.45, 7) is 4.29. The van der Waals surface area contributed by atoms with Crippen LogP contribution in [0.1, 0.15) is 34.3 Å². The number of amides is 1. The third-order valence-corrected chi connectivity index (χ3v) is 6.27. The number of aromatic nitrogens is 1. The average molecular weight is 382 g/mol. The Hall–Kier alpha value is -2.11. The van der Waals surface area contributed by atoms with E-state index in [1.54, 1.807) is 13.3 Å².